The summed E-state index contributed by atoms with van der Waals surface area (Å²) >= 11 is 15.4. The molecule has 25 heavy (non-hydrogen) atoms. The van der Waals surface area contributed by atoms with Crippen LogP contribution >= 0.6 is 34.5 Å². The van der Waals surface area contributed by atoms with Crippen LogP contribution in [0.1, 0.15) is 21.9 Å². The van der Waals surface area contributed by atoms with Gasteiger partial charge < -0.3 is 4.74 Å². The molecule has 4 heteroatoms. The molecule has 126 valence electrons. The van der Waals surface area contributed by atoms with Crippen LogP contribution in [-0.4, -0.2) is 4.33 Å². The monoisotopic (exact) mass is 386 g/mol. The molecule has 1 nitrogen and oxygen atoms in total. The molecule has 1 fully saturated rings. The summed E-state index contributed by atoms with van der Waals surface area (Å²) in [5, 5.41) is 2.05. The predicted octanol–water partition coefficient (Wildman–Crippen LogP) is 6.17. The van der Waals surface area contributed by atoms with E-state index in [0.29, 0.717) is 0 Å². The molecule has 0 unspecified atom stereocenters. The molecule has 0 radical (unpaired) electrons. The Kier molecular flexibility index (Phi) is 3.47. The second-order valence-corrected chi connectivity index (χ2v) is 9.08. The predicted molar refractivity (Wildman–Crippen MR) is 104 cm³/mol. The van der Waals surface area contributed by atoms with E-state index in [1.54, 1.807) is 11.3 Å². The Morgan fingerprint density at radius 1 is 0.920 bits per heavy atom. The van der Waals surface area contributed by atoms with Crippen molar-refractivity contribution in [3.63, 3.8) is 0 Å². The van der Waals surface area contributed by atoms with Gasteiger partial charge in [-0.25, -0.2) is 0 Å². The molecule has 2 aliphatic rings. The summed E-state index contributed by atoms with van der Waals surface area (Å²) in [5.74, 6) is 1.16. The van der Waals surface area contributed by atoms with Crippen LogP contribution in [0.25, 0.3) is 0 Å². The standard InChI is InChI=1S/C21H16Cl2OS/c22-21(23)19-16(13-14-7-2-1-3-8-14)15-9-4-5-10-17(15)24-20(19,21)18-11-6-12-25-18/h1-12,16,19H,13H2/t16-,19+,20-/m0/s1. The number of thiophene rings is 1. The van der Waals surface area contributed by atoms with Gasteiger partial charge in [0, 0.05) is 5.92 Å². The fourth-order valence-electron chi connectivity index (χ4n) is 4.26. The van der Waals surface area contributed by atoms with Gasteiger partial charge in [-0.1, -0.05) is 77.8 Å². The van der Waals surface area contributed by atoms with Crippen molar-refractivity contribution in [3.05, 3.63) is 88.1 Å². The van der Waals surface area contributed by atoms with Gasteiger partial charge in [-0.05, 0) is 35.1 Å². The van der Waals surface area contributed by atoms with Gasteiger partial charge in [0.25, 0.3) is 0 Å². The van der Waals surface area contributed by atoms with E-state index in [4.69, 9.17) is 27.9 Å². The molecule has 3 aromatic rings. The van der Waals surface area contributed by atoms with Gasteiger partial charge in [0.1, 0.15) is 5.75 Å². The van der Waals surface area contributed by atoms with E-state index in [1.807, 2.05) is 24.3 Å². The van der Waals surface area contributed by atoms with Crippen molar-refractivity contribution in [1.29, 1.82) is 0 Å². The maximum Gasteiger partial charge on any atom is 0.183 e. The summed E-state index contributed by atoms with van der Waals surface area (Å²) < 4.78 is 5.55. The normalized spacial score (nSPS) is 28.6. The molecular formula is C21H16Cl2OS. The lowest BCUT2D eigenvalue weighted by Crippen LogP contribution is -2.28. The van der Waals surface area contributed by atoms with Crippen LogP contribution in [0, 0.1) is 5.92 Å². The third kappa shape index (κ3) is 2.14. The Morgan fingerprint density at radius 2 is 1.68 bits per heavy atom. The van der Waals surface area contributed by atoms with Crippen LogP contribution in [0.15, 0.2) is 72.1 Å². The van der Waals surface area contributed by atoms with Crippen molar-refractivity contribution in [3.8, 4) is 5.75 Å². The van der Waals surface area contributed by atoms with E-state index >= 15 is 0 Å². The number of hydrogen-bond acceptors (Lipinski definition) is 2. The molecule has 2 heterocycles. The van der Waals surface area contributed by atoms with Crippen LogP contribution in [0.2, 0.25) is 0 Å². The zero-order chi connectivity index (χ0) is 17.1. The topological polar surface area (TPSA) is 9.23 Å². The average molecular weight is 387 g/mol. The second-order valence-electron chi connectivity index (χ2n) is 6.75. The Hall–Kier alpha value is -1.48. The number of fused-ring (bicyclic) bond motifs is 2. The number of para-hydroxylation sites is 1. The first-order valence-corrected chi connectivity index (χ1v) is 10.0. The number of alkyl halides is 2. The van der Waals surface area contributed by atoms with Crippen LogP contribution in [0.3, 0.4) is 0 Å². The molecule has 0 saturated heterocycles. The van der Waals surface area contributed by atoms with E-state index in [9.17, 15) is 0 Å². The van der Waals surface area contributed by atoms with Crippen LogP contribution in [0.4, 0.5) is 0 Å². The van der Waals surface area contributed by atoms with E-state index in [-0.39, 0.29) is 11.8 Å². The van der Waals surface area contributed by atoms with Gasteiger partial charge >= 0.3 is 0 Å². The van der Waals surface area contributed by atoms with E-state index in [2.05, 4.69) is 47.8 Å². The highest BCUT2D eigenvalue weighted by Crippen LogP contribution is 2.77. The molecule has 0 bridgehead atoms. The first-order chi connectivity index (χ1) is 12.1. The molecule has 3 atom stereocenters. The van der Waals surface area contributed by atoms with Gasteiger partial charge in [-0.3, -0.25) is 0 Å². The Balaban J connectivity index is 1.64. The molecule has 1 aromatic heterocycles. The maximum atomic E-state index is 6.86. The Morgan fingerprint density at radius 3 is 2.44 bits per heavy atom. The van der Waals surface area contributed by atoms with Gasteiger partial charge in [0.15, 0.2) is 9.93 Å². The zero-order valence-electron chi connectivity index (χ0n) is 13.4. The third-order valence-electron chi connectivity index (χ3n) is 5.42. The van der Waals surface area contributed by atoms with Gasteiger partial charge in [-0.15, -0.1) is 11.3 Å². The van der Waals surface area contributed by atoms with Crippen molar-refractivity contribution in [2.75, 3.05) is 0 Å². The fourth-order valence-corrected chi connectivity index (χ4v) is 6.36. The van der Waals surface area contributed by atoms with Crippen molar-refractivity contribution < 1.29 is 4.74 Å². The van der Waals surface area contributed by atoms with Gasteiger partial charge in [-0.2, -0.15) is 0 Å². The molecule has 1 aliphatic carbocycles. The molecule has 0 spiro atoms. The van der Waals surface area contributed by atoms with Gasteiger partial charge in [0.05, 0.1) is 10.8 Å². The molecule has 5 rings (SSSR count). The van der Waals surface area contributed by atoms with Crippen molar-refractivity contribution >= 4 is 34.5 Å². The first-order valence-electron chi connectivity index (χ1n) is 8.38. The van der Waals surface area contributed by atoms with Crippen LogP contribution in [0.5, 0.6) is 5.75 Å². The summed E-state index contributed by atoms with van der Waals surface area (Å²) in [6.45, 7) is 0. The minimum Gasteiger partial charge on any atom is -0.478 e. The number of ether oxygens (including phenoxy) is 1. The number of halogens is 2. The summed E-state index contributed by atoms with van der Waals surface area (Å²) in [7, 11) is 0. The van der Waals surface area contributed by atoms with Crippen LogP contribution < -0.4 is 4.74 Å². The van der Waals surface area contributed by atoms with Crippen LogP contribution in [-0.2, 0) is 12.0 Å². The van der Waals surface area contributed by atoms with E-state index in [1.165, 1.54) is 11.1 Å². The van der Waals surface area contributed by atoms with E-state index < -0.39 is 9.93 Å². The molecule has 0 N–H and O–H groups in total. The van der Waals surface area contributed by atoms with Crippen molar-refractivity contribution in [2.45, 2.75) is 22.3 Å². The van der Waals surface area contributed by atoms with Crippen molar-refractivity contribution in [1.82, 2.24) is 0 Å². The fraction of sp³-hybridized carbons (Fsp3) is 0.238. The average Bonchev–Trinajstić information content (AvgIpc) is 2.99. The molecule has 0 amide bonds. The quantitative estimate of drug-likeness (QED) is 0.489. The zero-order valence-corrected chi connectivity index (χ0v) is 15.7. The van der Waals surface area contributed by atoms with Crippen molar-refractivity contribution in [2.24, 2.45) is 5.92 Å². The molecule has 1 saturated carbocycles. The third-order valence-corrected chi connectivity index (χ3v) is 7.44. The molecule has 1 aliphatic heterocycles. The summed E-state index contributed by atoms with van der Waals surface area (Å²) in [6, 6.07) is 22.9. The highest BCUT2D eigenvalue weighted by Gasteiger charge is 2.83. The lowest BCUT2D eigenvalue weighted by atomic mass is 9.84. The molecular weight excluding hydrogens is 371 g/mol. The first kappa shape index (κ1) is 15.7. The highest BCUT2D eigenvalue weighted by atomic mass is 35.5. The number of benzene rings is 2. The summed E-state index contributed by atoms with van der Waals surface area (Å²) in [4.78, 5) is 1.11. The number of rotatable bonds is 3. The maximum absolute atomic E-state index is 6.86. The smallest absolute Gasteiger partial charge is 0.183 e. The largest absolute Gasteiger partial charge is 0.478 e. The minimum atomic E-state index is -0.920. The minimum absolute atomic E-state index is 0.0390. The summed E-state index contributed by atoms with van der Waals surface area (Å²) in [6.07, 6.45) is 0.903. The Bertz CT molecular complexity index is 907. The lowest BCUT2D eigenvalue weighted by molar-refractivity contribution is 0.136. The molecule has 2 aromatic carbocycles. The second kappa shape index (κ2) is 5.51. The van der Waals surface area contributed by atoms with E-state index in [0.717, 1.165) is 17.0 Å². The number of hydrogen-bond donors (Lipinski definition) is 0. The lowest BCUT2D eigenvalue weighted by Gasteiger charge is -2.30. The summed E-state index contributed by atoms with van der Waals surface area (Å²) in [5.41, 5.74) is 1.85. The SMILES string of the molecule is ClC1(Cl)[C@@H]2[C@@H](Cc3ccccc3)c3ccccc3O[C@@]21c1cccs1. The van der Waals surface area contributed by atoms with Gasteiger partial charge in [0.2, 0.25) is 0 Å². The highest BCUT2D eigenvalue weighted by molar-refractivity contribution is 7.10. The Labute approximate surface area is 161 Å².